The van der Waals surface area contributed by atoms with Crippen molar-refractivity contribution in [1.82, 2.24) is 19.6 Å². The molecule has 2 heterocycles. The molecule has 0 aliphatic heterocycles. The van der Waals surface area contributed by atoms with Crippen molar-refractivity contribution in [2.24, 2.45) is 11.7 Å². The van der Waals surface area contributed by atoms with Crippen LogP contribution in [-0.2, 0) is 0 Å². The average Bonchev–Trinajstić information content (AvgIpc) is 2.76. The van der Waals surface area contributed by atoms with E-state index < -0.39 is 0 Å². The Morgan fingerprint density at radius 2 is 2.22 bits per heavy atom. The number of hydrogen-bond donors (Lipinski definition) is 2. The van der Waals surface area contributed by atoms with E-state index in [1.54, 1.807) is 4.52 Å². The van der Waals surface area contributed by atoms with Gasteiger partial charge in [-0.2, -0.15) is 14.6 Å². The Bertz CT molecular complexity index is 518. The second kappa shape index (κ2) is 5.30. The van der Waals surface area contributed by atoms with Crippen LogP contribution in [0.4, 0.5) is 5.82 Å². The first-order valence-corrected chi connectivity index (χ1v) is 6.25. The Hall–Kier alpha value is -1.69. The van der Waals surface area contributed by atoms with Crippen LogP contribution in [0.1, 0.15) is 26.0 Å². The second-order valence-corrected chi connectivity index (χ2v) is 4.83. The molecule has 1 unspecified atom stereocenters. The minimum Gasteiger partial charge on any atom is -0.367 e. The smallest absolute Gasteiger partial charge is 0.254 e. The Kier molecular flexibility index (Phi) is 3.76. The van der Waals surface area contributed by atoms with Crippen LogP contribution in [0.3, 0.4) is 0 Å². The zero-order valence-corrected chi connectivity index (χ0v) is 11.1. The van der Waals surface area contributed by atoms with E-state index in [0.717, 1.165) is 17.9 Å². The van der Waals surface area contributed by atoms with Gasteiger partial charge in [-0.15, -0.1) is 0 Å². The number of anilines is 1. The summed E-state index contributed by atoms with van der Waals surface area (Å²) in [6.45, 7) is 6.98. The van der Waals surface area contributed by atoms with Crippen LogP contribution in [0.25, 0.3) is 5.78 Å². The molecule has 3 N–H and O–H groups in total. The fraction of sp³-hybridized carbons (Fsp3) is 0.583. The highest BCUT2D eigenvalue weighted by Gasteiger charge is 2.14. The van der Waals surface area contributed by atoms with E-state index in [2.05, 4.69) is 34.2 Å². The first-order chi connectivity index (χ1) is 8.61. The average molecular weight is 248 g/mol. The van der Waals surface area contributed by atoms with Crippen molar-refractivity contribution in [3.63, 3.8) is 0 Å². The van der Waals surface area contributed by atoms with Crippen molar-refractivity contribution < 1.29 is 0 Å². The summed E-state index contributed by atoms with van der Waals surface area (Å²) in [5.41, 5.74) is 6.58. The topological polar surface area (TPSA) is 81.1 Å². The number of fused-ring (bicyclic) bond motifs is 1. The van der Waals surface area contributed by atoms with Gasteiger partial charge in [0.15, 0.2) is 0 Å². The molecule has 2 aromatic heterocycles. The van der Waals surface area contributed by atoms with E-state index in [0.29, 0.717) is 24.3 Å². The van der Waals surface area contributed by atoms with E-state index in [4.69, 9.17) is 5.73 Å². The monoisotopic (exact) mass is 248 g/mol. The third-order valence-electron chi connectivity index (χ3n) is 3.00. The van der Waals surface area contributed by atoms with Crippen molar-refractivity contribution >= 4 is 11.6 Å². The summed E-state index contributed by atoms with van der Waals surface area (Å²) in [6.07, 6.45) is 2.44. The molecule has 0 amide bonds. The van der Waals surface area contributed by atoms with Crippen LogP contribution < -0.4 is 11.1 Å². The number of rotatable bonds is 5. The number of nitrogens with zero attached hydrogens (tertiary/aromatic N) is 4. The molecule has 0 bridgehead atoms. The quantitative estimate of drug-likeness (QED) is 0.831. The van der Waals surface area contributed by atoms with Crippen LogP contribution in [0, 0.1) is 12.8 Å². The van der Waals surface area contributed by atoms with Gasteiger partial charge in [0.2, 0.25) is 0 Å². The summed E-state index contributed by atoms with van der Waals surface area (Å²) in [5.74, 6) is 2.04. The summed E-state index contributed by atoms with van der Waals surface area (Å²) >= 11 is 0. The lowest BCUT2D eigenvalue weighted by atomic mass is 10.0. The lowest BCUT2D eigenvalue weighted by molar-refractivity contribution is 0.496. The predicted molar refractivity (Wildman–Crippen MR) is 71.4 cm³/mol. The highest BCUT2D eigenvalue weighted by atomic mass is 15.4. The molecule has 0 spiro atoms. The molecule has 0 radical (unpaired) electrons. The number of hydrogen-bond acceptors (Lipinski definition) is 5. The Morgan fingerprint density at radius 1 is 1.44 bits per heavy atom. The minimum atomic E-state index is 0.323. The summed E-state index contributed by atoms with van der Waals surface area (Å²) < 4.78 is 1.72. The molecule has 0 aliphatic carbocycles. The molecule has 0 aliphatic rings. The van der Waals surface area contributed by atoms with Crippen LogP contribution >= 0.6 is 0 Å². The lowest BCUT2D eigenvalue weighted by Gasteiger charge is -2.23. The molecular weight excluding hydrogens is 228 g/mol. The molecular formula is C12H20N6. The van der Waals surface area contributed by atoms with Gasteiger partial charge in [-0.3, -0.25) is 0 Å². The highest BCUT2D eigenvalue weighted by Crippen LogP contribution is 2.16. The number of nitrogens with one attached hydrogen (secondary N) is 1. The predicted octanol–water partition coefficient (Wildman–Crippen LogP) is 1.22. The maximum absolute atomic E-state index is 5.66. The van der Waals surface area contributed by atoms with Crippen molar-refractivity contribution in [3.8, 4) is 0 Å². The molecule has 0 aromatic carbocycles. The van der Waals surface area contributed by atoms with Crippen molar-refractivity contribution in [1.29, 1.82) is 0 Å². The van der Waals surface area contributed by atoms with Crippen LogP contribution in [0.5, 0.6) is 0 Å². The summed E-state index contributed by atoms with van der Waals surface area (Å²) in [5, 5.41) is 7.67. The van der Waals surface area contributed by atoms with Gasteiger partial charge in [0.05, 0.1) is 0 Å². The molecule has 0 saturated carbocycles. The molecule has 2 rings (SSSR count). The Morgan fingerprint density at radius 3 is 2.89 bits per heavy atom. The largest absolute Gasteiger partial charge is 0.367 e. The van der Waals surface area contributed by atoms with Gasteiger partial charge in [-0.05, 0) is 25.8 Å². The molecule has 2 aromatic rings. The van der Waals surface area contributed by atoms with Crippen LogP contribution in [0.2, 0.25) is 0 Å². The van der Waals surface area contributed by atoms with E-state index in [-0.39, 0.29) is 0 Å². The van der Waals surface area contributed by atoms with Gasteiger partial charge in [-0.25, -0.2) is 4.98 Å². The molecule has 0 saturated heterocycles. The maximum atomic E-state index is 5.66. The standard InChI is InChI=1S/C12H20N6/c1-8(2)10(4-5-13)17-11-6-9(3)16-12-14-7-15-18(11)12/h6-8,10,17H,4-5,13H2,1-3H3. The van der Waals surface area contributed by atoms with Gasteiger partial charge >= 0.3 is 0 Å². The van der Waals surface area contributed by atoms with Gasteiger partial charge in [0, 0.05) is 17.8 Å². The molecule has 98 valence electrons. The van der Waals surface area contributed by atoms with Crippen molar-refractivity contribution in [2.75, 3.05) is 11.9 Å². The number of aryl methyl sites for hydroxylation is 1. The van der Waals surface area contributed by atoms with E-state index >= 15 is 0 Å². The Labute approximate surface area is 107 Å². The molecule has 18 heavy (non-hydrogen) atoms. The number of nitrogens with two attached hydrogens (primary N) is 1. The first kappa shape index (κ1) is 12.8. The van der Waals surface area contributed by atoms with Crippen LogP contribution in [0.15, 0.2) is 12.4 Å². The van der Waals surface area contributed by atoms with E-state index in [9.17, 15) is 0 Å². The molecule has 1 atom stereocenters. The summed E-state index contributed by atoms with van der Waals surface area (Å²) in [6, 6.07) is 2.30. The van der Waals surface area contributed by atoms with Crippen LogP contribution in [-0.4, -0.2) is 32.2 Å². The SMILES string of the molecule is Cc1cc(NC(CCN)C(C)C)n2ncnc2n1. The first-order valence-electron chi connectivity index (χ1n) is 6.25. The number of aromatic nitrogens is 4. The maximum Gasteiger partial charge on any atom is 0.254 e. The summed E-state index contributed by atoms with van der Waals surface area (Å²) in [4.78, 5) is 8.43. The van der Waals surface area contributed by atoms with Gasteiger partial charge in [-0.1, -0.05) is 13.8 Å². The Balaban J connectivity index is 2.32. The normalized spacial score (nSPS) is 13.2. The van der Waals surface area contributed by atoms with Gasteiger partial charge in [0.1, 0.15) is 12.1 Å². The molecule has 6 nitrogen and oxygen atoms in total. The van der Waals surface area contributed by atoms with Crippen molar-refractivity contribution in [2.45, 2.75) is 33.2 Å². The highest BCUT2D eigenvalue weighted by molar-refractivity contribution is 5.45. The fourth-order valence-electron chi connectivity index (χ4n) is 1.98. The third-order valence-corrected chi connectivity index (χ3v) is 3.00. The van der Waals surface area contributed by atoms with Gasteiger partial charge < -0.3 is 11.1 Å². The second-order valence-electron chi connectivity index (χ2n) is 4.83. The zero-order chi connectivity index (χ0) is 13.1. The minimum absolute atomic E-state index is 0.323. The van der Waals surface area contributed by atoms with Gasteiger partial charge in [0.25, 0.3) is 5.78 Å². The van der Waals surface area contributed by atoms with E-state index in [1.807, 2.05) is 13.0 Å². The third kappa shape index (κ3) is 2.59. The van der Waals surface area contributed by atoms with E-state index in [1.165, 1.54) is 6.33 Å². The fourth-order valence-corrected chi connectivity index (χ4v) is 1.98. The summed E-state index contributed by atoms with van der Waals surface area (Å²) in [7, 11) is 0. The zero-order valence-electron chi connectivity index (χ0n) is 11.1. The lowest BCUT2D eigenvalue weighted by Crippen LogP contribution is -2.29. The van der Waals surface area contributed by atoms with Crippen molar-refractivity contribution in [3.05, 3.63) is 18.1 Å². The molecule has 0 fully saturated rings. The molecule has 6 heteroatoms.